The average molecular weight is 381 g/mol. The summed E-state index contributed by atoms with van der Waals surface area (Å²) in [5, 5.41) is 0. The Hall–Kier alpha value is -0.816. The summed E-state index contributed by atoms with van der Waals surface area (Å²) in [5.74, 6) is 2.04. The second-order valence-corrected chi connectivity index (χ2v) is 18.4. The van der Waals surface area contributed by atoms with Gasteiger partial charge in [0.2, 0.25) is 0 Å². The first-order chi connectivity index (χ1) is 12.0. The maximum atomic E-state index is 5.48. The molecule has 1 heterocycles. The van der Waals surface area contributed by atoms with Gasteiger partial charge >= 0.3 is 0 Å². The predicted molar refractivity (Wildman–Crippen MR) is 117 cm³/mol. The van der Waals surface area contributed by atoms with Crippen molar-refractivity contribution in [3.05, 3.63) is 18.3 Å². The molecule has 0 saturated carbocycles. The van der Waals surface area contributed by atoms with Crippen LogP contribution in [0.15, 0.2) is 18.3 Å². The molecule has 5 heteroatoms. The van der Waals surface area contributed by atoms with E-state index >= 15 is 0 Å². The molecule has 0 aliphatic heterocycles. The second kappa shape index (κ2) is 10.4. The van der Waals surface area contributed by atoms with Gasteiger partial charge in [-0.1, -0.05) is 77.8 Å². The molecule has 0 aliphatic rings. The first-order valence-corrected chi connectivity index (χ1v) is 15.9. The highest BCUT2D eigenvalue weighted by molar-refractivity contribution is 6.82. The summed E-state index contributed by atoms with van der Waals surface area (Å²) in [6.07, 6.45) is 4.39. The first-order valence-electron chi connectivity index (χ1n) is 10.2. The number of aromatic nitrogens is 1. The first kappa shape index (κ1) is 22.2. The van der Waals surface area contributed by atoms with Crippen molar-refractivity contribution in [1.82, 2.24) is 4.98 Å². The van der Waals surface area contributed by atoms with E-state index in [4.69, 9.17) is 9.72 Å². The largest absolute Gasteiger partial charge is 0.497 e. The Balaban J connectivity index is 3.25. The molecule has 0 N–H and O–H groups in total. The number of ether oxygens (including phenoxy) is 1. The quantitative estimate of drug-likeness (QED) is 0.416. The maximum absolute atomic E-state index is 5.48. The second-order valence-electron chi connectivity index (χ2n) is 7.53. The van der Waals surface area contributed by atoms with Crippen LogP contribution in [-0.2, 0) is 0 Å². The highest BCUT2D eigenvalue weighted by Gasteiger charge is 2.35. The molecule has 0 aromatic carbocycles. The Kier molecular flexibility index (Phi) is 9.21. The molecule has 0 unspecified atom stereocenters. The minimum absolute atomic E-state index is 0.920. The summed E-state index contributed by atoms with van der Waals surface area (Å²) in [4.78, 5) is 7.41. The lowest BCUT2D eigenvalue weighted by Crippen LogP contribution is -2.53. The van der Waals surface area contributed by atoms with Crippen molar-refractivity contribution in [2.24, 2.45) is 0 Å². The van der Waals surface area contributed by atoms with Gasteiger partial charge in [-0.2, -0.15) is 0 Å². The fraction of sp³-hybridized carbons (Fsp3) is 0.750. The molecule has 0 fully saturated rings. The highest BCUT2D eigenvalue weighted by Crippen LogP contribution is 2.29. The van der Waals surface area contributed by atoms with Gasteiger partial charge in [0, 0.05) is 24.6 Å². The standard InChI is InChI=1S/C20H40N2OSi2/c1-8-24(9-2,10-3)17-22(18-25(11-4,12-5)13-6)20-16-19(23-7)14-15-21-20/h14-16H,8-13,17-18H2,1-7H3. The highest BCUT2D eigenvalue weighted by atomic mass is 28.3. The van der Waals surface area contributed by atoms with E-state index in [-0.39, 0.29) is 0 Å². The lowest BCUT2D eigenvalue weighted by Gasteiger charge is -2.41. The van der Waals surface area contributed by atoms with Gasteiger partial charge < -0.3 is 9.64 Å². The fourth-order valence-electron chi connectivity index (χ4n) is 3.90. The van der Waals surface area contributed by atoms with Crippen molar-refractivity contribution in [1.29, 1.82) is 0 Å². The van der Waals surface area contributed by atoms with E-state index in [1.54, 1.807) is 7.11 Å². The van der Waals surface area contributed by atoms with Crippen LogP contribution >= 0.6 is 0 Å². The number of methoxy groups -OCH3 is 1. The molecule has 0 saturated heterocycles. The van der Waals surface area contributed by atoms with Crippen LogP contribution in [0.4, 0.5) is 5.82 Å². The monoisotopic (exact) mass is 380 g/mol. The van der Waals surface area contributed by atoms with Gasteiger partial charge in [0.1, 0.15) is 11.6 Å². The van der Waals surface area contributed by atoms with Crippen LogP contribution in [0.25, 0.3) is 0 Å². The molecule has 0 spiro atoms. The number of hydrogen-bond acceptors (Lipinski definition) is 3. The van der Waals surface area contributed by atoms with Crippen molar-refractivity contribution in [3.63, 3.8) is 0 Å². The third-order valence-corrected chi connectivity index (χ3v) is 17.9. The van der Waals surface area contributed by atoms with Crippen molar-refractivity contribution in [3.8, 4) is 5.75 Å². The number of hydrogen-bond donors (Lipinski definition) is 0. The lowest BCUT2D eigenvalue weighted by molar-refractivity contribution is 0.414. The third-order valence-electron chi connectivity index (χ3n) is 6.83. The molecular weight excluding hydrogens is 340 g/mol. The molecule has 0 aliphatic carbocycles. The van der Waals surface area contributed by atoms with E-state index < -0.39 is 16.1 Å². The number of anilines is 1. The SMILES string of the molecule is CC[Si](CC)(CC)CN(C[Si](CC)(CC)CC)c1cc(OC)ccn1. The van der Waals surface area contributed by atoms with Crippen molar-refractivity contribution in [2.75, 3.05) is 24.3 Å². The predicted octanol–water partition coefficient (Wildman–Crippen LogP) is 5.99. The molecule has 0 atom stereocenters. The summed E-state index contributed by atoms with van der Waals surface area (Å²) in [5.41, 5.74) is 0. The number of rotatable bonds is 12. The van der Waals surface area contributed by atoms with Crippen LogP contribution in [0.1, 0.15) is 41.5 Å². The molecule has 3 nitrogen and oxygen atoms in total. The number of nitrogens with zero attached hydrogens (tertiary/aromatic N) is 2. The zero-order valence-electron chi connectivity index (χ0n) is 17.7. The molecule has 1 aromatic rings. The van der Waals surface area contributed by atoms with Crippen molar-refractivity contribution < 1.29 is 4.74 Å². The molecule has 144 valence electrons. The summed E-state index contributed by atoms with van der Waals surface area (Å²) in [7, 11) is -0.777. The van der Waals surface area contributed by atoms with Gasteiger partial charge in [-0.15, -0.1) is 0 Å². The molecular formula is C20H40N2OSi2. The van der Waals surface area contributed by atoms with E-state index in [1.807, 2.05) is 12.3 Å². The van der Waals surface area contributed by atoms with Crippen LogP contribution in [0.5, 0.6) is 5.75 Å². The van der Waals surface area contributed by atoms with Gasteiger partial charge in [0.25, 0.3) is 0 Å². The minimum Gasteiger partial charge on any atom is -0.497 e. The lowest BCUT2D eigenvalue weighted by atomic mass is 10.4. The Labute approximate surface area is 158 Å². The summed E-state index contributed by atoms with van der Waals surface area (Å²) < 4.78 is 5.48. The smallest absolute Gasteiger partial charge is 0.131 e. The molecule has 0 bridgehead atoms. The van der Waals surface area contributed by atoms with Gasteiger partial charge in [-0.05, 0) is 6.07 Å². The van der Waals surface area contributed by atoms with Crippen LogP contribution in [-0.4, -0.2) is 40.6 Å². The Bertz CT molecular complexity index is 464. The molecule has 25 heavy (non-hydrogen) atoms. The zero-order chi connectivity index (χ0) is 18.9. The van der Waals surface area contributed by atoms with Gasteiger partial charge in [0.15, 0.2) is 0 Å². The third kappa shape index (κ3) is 5.58. The van der Waals surface area contributed by atoms with Crippen molar-refractivity contribution in [2.45, 2.75) is 77.8 Å². The fourth-order valence-corrected chi connectivity index (χ4v) is 10.6. The van der Waals surface area contributed by atoms with Crippen LogP contribution in [0.2, 0.25) is 36.3 Å². The Morgan fingerprint density at radius 2 is 1.28 bits per heavy atom. The van der Waals surface area contributed by atoms with Crippen LogP contribution in [0.3, 0.4) is 0 Å². The van der Waals surface area contributed by atoms with Crippen LogP contribution in [0, 0.1) is 0 Å². The summed E-state index contributed by atoms with van der Waals surface area (Å²) >= 11 is 0. The van der Waals surface area contributed by atoms with Gasteiger partial charge in [-0.25, -0.2) is 4.98 Å². The molecule has 1 aromatic heterocycles. The molecule has 0 radical (unpaired) electrons. The van der Waals surface area contributed by atoms with E-state index in [0.717, 1.165) is 11.6 Å². The van der Waals surface area contributed by atoms with Gasteiger partial charge in [0.05, 0.1) is 23.3 Å². The zero-order valence-corrected chi connectivity index (χ0v) is 19.7. The maximum Gasteiger partial charge on any atom is 0.131 e. The number of pyridine rings is 1. The van der Waals surface area contributed by atoms with E-state index in [1.165, 1.54) is 48.6 Å². The molecule has 1 rings (SSSR count). The Morgan fingerprint density at radius 1 is 0.840 bits per heavy atom. The minimum atomic E-state index is -1.26. The summed E-state index contributed by atoms with van der Waals surface area (Å²) in [6.45, 7) is 14.4. The van der Waals surface area contributed by atoms with Crippen LogP contribution < -0.4 is 9.64 Å². The van der Waals surface area contributed by atoms with E-state index in [9.17, 15) is 0 Å². The van der Waals surface area contributed by atoms with Gasteiger partial charge in [-0.3, -0.25) is 0 Å². The summed E-state index contributed by atoms with van der Waals surface area (Å²) in [6, 6.07) is 12.3. The van der Waals surface area contributed by atoms with E-state index in [2.05, 4.69) is 52.5 Å². The topological polar surface area (TPSA) is 25.4 Å². The van der Waals surface area contributed by atoms with E-state index in [0.29, 0.717) is 0 Å². The normalized spacial score (nSPS) is 12.3. The average Bonchev–Trinajstić information content (AvgIpc) is 2.69. The Morgan fingerprint density at radius 3 is 1.64 bits per heavy atom. The van der Waals surface area contributed by atoms with Crippen molar-refractivity contribution >= 4 is 22.0 Å². The molecule has 0 amide bonds.